The Labute approximate surface area is 126 Å². The van der Waals surface area contributed by atoms with Crippen molar-refractivity contribution < 1.29 is 13.2 Å². The zero-order chi connectivity index (χ0) is 15.6. The van der Waals surface area contributed by atoms with Crippen LogP contribution in [0.15, 0.2) is 84.5 Å². The average molecular weight is 298 g/mol. The second-order valence-corrected chi connectivity index (χ2v) is 4.99. The molecular formula is C19H13F3. The molecule has 0 N–H and O–H groups in total. The second kappa shape index (κ2) is 5.68. The predicted octanol–water partition coefficient (Wildman–Crippen LogP) is 5.63. The molecule has 1 aliphatic rings. The molecular weight excluding hydrogens is 285 g/mol. The number of hydrogen-bond donors (Lipinski definition) is 0. The topological polar surface area (TPSA) is 0 Å². The van der Waals surface area contributed by atoms with Crippen molar-refractivity contribution in [2.75, 3.05) is 0 Å². The van der Waals surface area contributed by atoms with Crippen molar-refractivity contribution in [2.45, 2.75) is 6.18 Å². The van der Waals surface area contributed by atoms with Crippen molar-refractivity contribution in [3.05, 3.63) is 101 Å². The van der Waals surface area contributed by atoms with Crippen molar-refractivity contribution in [1.29, 1.82) is 0 Å². The van der Waals surface area contributed by atoms with Crippen LogP contribution in [0, 0.1) is 0 Å². The van der Waals surface area contributed by atoms with Crippen LogP contribution in [-0.4, -0.2) is 0 Å². The van der Waals surface area contributed by atoms with E-state index >= 15 is 0 Å². The summed E-state index contributed by atoms with van der Waals surface area (Å²) >= 11 is 0. The van der Waals surface area contributed by atoms with E-state index < -0.39 is 11.7 Å². The van der Waals surface area contributed by atoms with Gasteiger partial charge in [-0.1, -0.05) is 66.8 Å². The highest BCUT2D eigenvalue weighted by molar-refractivity contribution is 5.86. The first kappa shape index (κ1) is 14.4. The van der Waals surface area contributed by atoms with Crippen molar-refractivity contribution in [1.82, 2.24) is 0 Å². The summed E-state index contributed by atoms with van der Waals surface area (Å²) in [5.41, 5.74) is 2.53. The largest absolute Gasteiger partial charge is 0.416 e. The highest BCUT2D eigenvalue weighted by Gasteiger charge is 2.30. The SMILES string of the molecule is FC(F)(F)c1cccc(C(=C2C=CC=C2)c2ccccc2)c1. The second-order valence-electron chi connectivity index (χ2n) is 4.99. The molecule has 0 bridgehead atoms. The molecule has 3 rings (SSSR count). The summed E-state index contributed by atoms with van der Waals surface area (Å²) in [6.45, 7) is 0. The van der Waals surface area contributed by atoms with Gasteiger partial charge in [0.25, 0.3) is 0 Å². The molecule has 0 atom stereocenters. The fourth-order valence-corrected chi connectivity index (χ4v) is 2.50. The van der Waals surface area contributed by atoms with E-state index in [1.165, 1.54) is 12.1 Å². The lowest BCUT2D eigenvalue weighted by molar-refractivity contribution is -0.137. The maximum absolute atomic E-state index is 13.0. The van der Waals surface area contributed by atoms with Crippen LogP contribution in [0.25, 0.3) is 5.57 Å². The average Bonchev–Trinajstić information content (AvgIpc) is 3.02. The van der Waals surface area contributed by atoms with Gasteiger partial charge in [-0.05, 0) is 34.4 Å². The Morgan fingerprint density at radius 3 is 2.00 bits per heavy atom. The molecule has 0 unspecified atom stereocenters. The molecule has 0 fully saturated rings. The molecule has 0 heterocycles. The summed E-state index contributed by atoms with van der Waals surface area (Å²) in [5.74, 6) is 0. The highest BCUT2D eigenvalue weighted by Crippen LogP contribution is 2.34. The van der Waals surface area contributed by atoms with Gasteiger partial charge in [0.1, 0.15) is 0 Å². The predicted molar refractivity (Wildman–Crippen MR) is 82.2 cm³/mol. The zero-order valence-corrected chi connectivity index (χ0v) is 11.6. The number of benzene rings is 2. The van der Waals surface area contributed by atoms with Gasteiger partial charge >= 0.3 is 6.18 Å². The Bertz CT molecular complexity index is 749. The minimum atomic E-state index is -4.34. The lowest BCUT2D eigenvalue weighted by Crippen LogP contribution is -2.05. The van der Waals surface area contributed by atoms with E-state index in [9.17, 15) is 13.2 Å². The molecule has 0 aromatic heterocycles. The summed E-state index contributed by atoms with van der Waals surface area (Å²) < 4.78 is 38.9. The van der Waals surface area contributed by atoms with E-state index in [4.69, 9.17) is 0 Å². The summed E-state index contributed by atoms with van der Waals surface area (Å²) in [5, 5.41) is 0. The Morgan fingerprint density at radius 2 is 1.36 bits per heavy atom. The summed E-state index contributed by atoms with van der Waals surface area (Å²) in [6.07, 6.45) is 3.23. The molecule has 0 saturated carbocycles. The van der Waals surface area contributed by atoms with Gasteiger partial charge in [0.2, 0.25) is 0 Å². The molecule has 0 spiro atoms. The Morgan fingerprint density at radius 1 is 0.727 bits per heavy atom. The fourth-order valence-electron chi connectivity index (χ4n) is 2.50. The van der Waals surface area contributed by atoms with E-state index in [2.05, 4.69) is 0 Å². The van der Waals surface area contributed by atoms with Crippen molar-refractivity contribution in [2.24, 2.45) is 0 Å². The van der Waals surface area contributed by atoms with E-state index in [1.807, 2.05) is 54.6 Å². The van der Waals surface area contributed by atoms with Gasteiger partial charge in [0, 0.05) is 0 Å². The number of alkyl halides is 3. The lowest BCUT2D eigenvalue weighted by atomic mass is 9.92. The first-order valence-corrected chi connectivity index (χ1v) is 6.88. The van der Waals surface area contributed by atoms with Crippen molar-refractivity contribution in [3.8, 4) is 0 Å². The van der Waals surface area contributed by atoms with Crippen LogP contribution in [0.3, 0.4) is 0 Å². The normalized spacial score (nSPS) is 13.7. The molecule has 0 amide bonds. The fraction of sp³-hybridized carbons (Fsp3) is 0.0526. The standard InChI is InChI=1S/C19H13F3/c20-19(21,22)17-12-6-11-16(13-17)18(15-9-4-5-10-15)14-7-2-1-3-8-14/h1-13H. The summed E-state index contributed by atoms with van der Waals surface area (Å²) in [7, 11) is 0. The monoisotopic (exact) mass is 298 g/mol. The van der Waals surface area contributed by atoms with E-state index in [1.54, 1.807) is 6.07 Å². The Kier molecular flexibility index (Phi) is 3.72. The van der Waals surface area contributed by atoms with Gasteiger partial charge in [-0.2, -0.15) is 13.2 Å². The number of allylic oxidation sites excluding steroid dienone is 5. The third-order valence-corrected chi connectivity index (χ3v) is 3.49. The van der Waals surface area contributed by atoms with Gasteiger partial charge < -0.3 is 0 Å². The van der Waals surface area contributed by atoms with E-state index in [0.717, 1.165) is 22.8 Å². The number of rotatable bonds is 2. The maximum Gasteiger partial charge on any atom is 0.416 e. The van der Waals surface area contributed by atoms with Crippen LogP contribution in [0.5, 0.6) is 0 Å². The van der Waals surface area contributed by atoms with Crippen LogP contribution in [0.4, 0.5) is 13.2 Å². The smallest absolute Gasteiger partial charge is 0.166 e. The molecule has 110 valence electrons. The van der Waals surface area contributed by atoms with Crippen LogP contribution >= 0.6 is 0 Å². The lowest BCUT2D eigenvalue weighted by Gasteiger charge is -2.14. The van der Waals surface area contributed by atoms with Crippen LogP contribution in [0.2, 0.25) is 0 Å². The molecule has 0 radical (unpaired) electrons. The Balaban J connectivity index is 2.19. The minimum Gasteiger partial charge on any atom is -0.166 e. The first-order chi connectivity index (χ1) is 10.6. The van der Waals surface area contributed by atoms with E-state index in [-0.39, 0.29) is 0 Å². The number of halogens is 3. The van der Waals surface area contributed by atoms with Crippen LogP contribution in [0.1, 0.15) is 16.7 Å². The van der Waals surface area contributed by atoms with Gasteiger partial charge in [-0.3, -0.25) is 0 Å². The molecule has 22 heavy (non-hydrogen) atoms. The summed E-state index contributed by atoms with van der Waals surface area (Å²) in [6, 6.07) is 14.9. The zero-order valence-electron chi connectivity index (χ0n) is 11.6. The van der Waals surface area contributed by atoms with Crippen LogP contribution in [-0.2, 0) is 6.18 Å². The van der Waals surface area contributed by atoms with Crippen molar-refractivity contribution >= 4 is 5.57 Å². The van der Waals surface area contributed by atoms with E-state index in [0.29, 0.717) is 5.56 Å². The molecule has 1 aliphatic carbocycles. The maximum atomic E-state index is 13.0. The third kappa shape index (κ3) is 2.89. The van der Waals surface area contributed by atoms with Gasteiger partial charge in [0.05, 0.1) is 5.56 Å². The molecule has 0 saturated heterocycles. The van der Waals surface area contributed by atoms with Gasteiger partial charge in [0.15, 0.2) is 0 Å². The molecule has 3 heteroatoms. The van der Waals surface area contributed by atoms with Crippen molar-refractivity contribution in [3.63, 3.8) is 0 Å². The third-order valence-electron chi connectivity index (χ3n) is 3.49. The molecule has 0 nitrogen and oxygen atoms in total. The quantitative estimate of drug-likeness (QED) is 0.673. The van der Waals surface area contributed by atoms with Gasteiger partial charge in [-0.15, -0.1) is 0 Å². The Hall–Kier alpha value is -2.55. The minimum absolute atomic E-state index is 0.562. The van der Waals surface area contributed by atoms with Gasteiger partial charge in [-0.25, -0.2) is 0 Å². The molecule has 0 aliphatic heterocycles. The molecule has 2 aromatic carbocycles. The van der Waals surface area contributed by atoms with Crippen LogP contribution < -0.4 is 0 Å². The summed E-state index contributed by atoms with van der Waals surface area (Å²) in [4.78, 5) is 0. The number of hydrogen-bond acceptors (Lipinski definition) is 0. The molecule has 2 aromatic rings. The highest BCUT2D eigenvalue weighted by atomic mass is 19.4. The first-order valence-electron chi connectivity index (χ1n) is 6.88.